The van der Waals surface area contributed by atoms with Crippen LogP contribution in [0.1, 0.15) is 47.6 Å². The molecule has 3 aromatic carbocycles. The Morgan fingerprint density at radius 2 is 1.44 bits per heavy atom. The van der Waals surface area contributed by atoms with Crippen molar-refractivity contribution in [3.63, 3.8) is 0 Å². The smallest absolute Gasteiger partial charge is 0.221 e. The van der Waals surface area contributed by atoms with Gasteiger partial charge < -0.3 is 5.32 Å². The monoisotopic (exact) mass is 446 g/mol. The Morgan fingerprint density at radius 1 is 0.853 bits per heavy atom. The van der Waals surface area contributed by atoms with E-state index in [0.717, 1.165) is 43.7 Å². The molecule has 3 aromatic rings. The van der Waals surface area contributed by atoms with Crippen molar-refractivity contribution in [2.75, 3.05) is 25.0 Å². The van der Waals surface area contributed by atoms with Crippen LogP contribution in [0.2, 0.25) is 0 Å². The zero-order chi connectivity index (χ0) is 23.3. The van der Waals surface area contributed by atoms with Gasteiger partial charge in [-0.2, -0.15) is 0 Å². The summed E-state index contributed by atoms with van der Waals surface area (Å²) in [7, 11) is 0. The molecule has 1 aliphatic carbocycles. The number of amides is 1. The van der Waals surface area contributed by atoms with E-state index in [1.54, 1.807) is 5.57 Å². The average Bonchev–Trinajstić information content (AvgIpc) is 3.02. The van der Waals surface area contributed by atoms with E-state index in [1.165, 1.54) is 34.8 Å². The second-order valence-corrected chi connectivity index (χ2v) is 8.99. The number of carbonyl (C=O) groups is 1. The van der Waals surface area contributed by atoms with Crippen LogP contribution < -0.4 is 5.32 Å². The third kappa shape index (κ3) is 4.95. The van der Waals surface area contributed by atoms with Crippen molar-refractivity contribution in [3.8, 4) is 0 Å². The molecule has 3 heteroatoms. The van der Waals surface area contributed by atoms with Crippen LogP contribution in [0.5, 0.6) is 0 Å². The van der Waals surface area contributed by atoms with Gasteiger partial charge in [0.25, 0.3) is 0 Å². The molecule has 3 nitrogen and oxygen atoms in total. The highest BCUT2D eigenvalue weighted by Gasteiger charge is 2.22. The third-order valence-corrected chi connectivity index (χ3v) is 6.62. The lowest BCUT2D eigenvalue weighted by Gasteiger charge is -2.29. The SMILES string of the molecule is CC(=O)Nc1ccc(/C=C/CN2CCC(=C3c4ccccc4C=Cc4ccccc43)CC2)cc1. The highest BCUT2D eigenvalue weighted by atomic mass is 16.1. The van der Waals surface area contributed by atoms with E-state index >= 15 is 0 Å². The molecule has 1 fully saturated rings. The Kier molecular flexibility index (Phi) is 6.55. The molecular formula is C31H30N2O. The molecule has 0 unspecified atom stereocenters. The predicted octanol–water partition coefficient (Wildman–Crippen LogP) is 6.74. The third-order valence-electron chi connectivity index (χ3n) is 6.62. The number of likely N-dealkylation sites (tertiary alicyclic amines) is 1. The molecule has 34 heavy (non-hydrogen) atoms. The molecule has 1 heterocycles. The van der Waals surface area contributed by atoms with Crippen LogP contribution in [0.15, 0.2) is 84.4 Å². The molecule has 0 bridgehead atoms. The summed E-state index contributed by atoms with van der Waals surface area (Å²) < 4.78 is 0. The van der Waals surface area contributed by atoms with Gasteiger partial charge in [-0.15, -0.1) is 0 Å². The van der Waals surface area contributed by atoms with Gasteiger partial charge in [-0.1, -0.05) is 90.5 Å². The second kappa shape index (κ2) is 10.1. The first-order valence-electron chi connectivity index (χ1n) is 12.0. The molecular weight excluding hydrogens is 416 g/mol. The number of piperidine rings is 1. The average molecular weight is 447 g/mol. The van der Waals surface area contributed by atoms with Crippen molar-refractivity contribution in [2.24, 2.45) is 0 Å². The fraction of sp³-hybridized carbons (Fsp3) is 0.194. The van der Waals surface area contributed by atoms with E-state index in [9.17, 15) is 4.79 Å². The number of benzene rings is 3. The van der Waals surface area contributed by atoms with Gasteiger partial charge in [-0.3, -0.25) is 9.69 Å². The number of fused-ring (bicyclic) bond motifs is 2. The fourth-order valence-electron chi connectivity index (χ4n) is 4.92. The van der Waals surface area contributed by atoms with Crippen molar-refractivity contribution in [1.29, 1.82) is 0 Å². The predicted molar refractivity (Wildman–Crippen MR) is 143 cm³/mol. The molecule has 170 valence electrons. The summed E-state index contributed by atoms with van der Waals surface area (Å²) in [6.07, 6.45) is 11.1. The van der Waals surface area contributed by atoms with Gasteiger partial charge in [0.05, 0.1) is 0 Å². The van der Waals surface area contributed by atoms with Crippen LogP contribution in [0, 0.1) is 0 Å². The van der Waals surface area contributed by atoms with Crippen LogP contribution in [-0.2, 0) is 4.79 Å². The number of rotatable bonds is 4. The summed E-state index contributed by atoms with van der Waals surface area (Å²) in [5.74, 6) is -0.0465. The number of anilines is 1. The number of hydrogen-bond donors (Lipinski definition) is 1. The molecule has 1 amide bonds. The van der Waals surface area contributed by atoms with Crippen molar-refractivity contribution in [1.82, 2.24) is 4.90 Å². The minimum atomic E-state index is -0.0465. The van der Waals surface area contributed by atoms with Crippen molar-refractivity contribution >= 4 is 35.4 Å². The molecule has 0 aromatic heterocycles. The summed E-state index contributed by atoms with van der Waals surface area (Å²) in [6.45, 7) is 4.62. The summed E-state index contributed by atoms with van der Waals surface area (Å²) in [5, 5.41) is 2.81. The van der Waals surface area contributed by atoms with Gasteiger partial charge in [0.2, 0.25) is 5.91 Å². The first-order valence-corrected chi connectivity index (χ1v) is 12.0. The summed E-state index contributed by atoms with van der Waals surface area (Å²) in [5.41, 5.74) is 10.3. The van der Waals surface area contributed by atoms with Gasteiger partial charge in [-0.25, -0.2) is 0 Å². The van der Waals surface area contributed by atoms with Gasteiger partial charge in [0.15, 0.2) is 0 Å². The lowest BCUT2D eigenvalue weighted by atomic mass is 9.86. The summed E-state index contributed by atoms with van der Waals surface area (Å²) >= 11 is 0. The summed E-state index contributed by atoms with van der Waals surface area (Å²) in [6, 6.07) is 25.5. The maximum atomic E-state index is 11.2. The minimum absolute atomic E-state index is 0.0465. The maximum absolute atomic E-state index is 11.2. The first-order chi connectivity index (χ1) is 16.7. The molecule has 5 rings (SSSR count). The molecule has 1 aliphatic heterocycles. The Bertz CT molecular complexity index is 1220. The standard InChI is InChI=1S/C31H30N2O/c1-23(34)32-28-16-12-24(13-17-28)7-6-20-33-21-18-27(19-22-33)31-29-10-4-2-8-25(29)14-15-26-9-3-5-11-30(26)31/h2-17H,18-22H2,1H3,(H,32,34)/b7-6+. The number of hydrogen-bond acceptors (Lipinski definition) is 2. The zero-order valence-electron chi connectivity index (χ0n) is 19.6. The quantitative estimate of drug-likeness (QED) is 0.376. The topological polar surface area (TPSA) is 32.3 Å². The van der Waals surface area contributed by atoms with Crippen LogP contribution in [0.3, 0.4) is 0 Å². The highest BCUT2D eigenvalue weighted by Crippen LogP contribution is 2.38. The molecule has 0 saturated carbocycles. The van der Waals surface area contributed by atoms with E-state index in [4.69, 9.17) is 0 Å². The van der Waals surface area contributed by atoms with Gasteiger partial charge in [0.1, 0.15) is 0 Å². The highest BCUT2D eigenvalue weighted by molar-refractivity contribution is 5.95. The van der Waals surface area contributed by atoms with E-state index in [0.29, 0.717) is 0 Å². The van der Waals surface area contributed by atoms with Gasteiger partial charge in [0, 0.05) is 32.2 Å². The van der Waals surface area contributed by atoms with Crippen LogP contribution in [-0.4, -0.2) is 30.4 Å². The lowest BCUT2D eigenvalue weighted by molar-refractivity contribution is -0.114. The number of nitrogens with one attached hydrogen (secondary N) is 1. The number of carbonyl (C=O) groups excluding carboxylic acids is 1. The Morgan fingerprint density at radius 3 is 2.03 bits per heavy atom. The van der Waals surface area contributed by atoms with Crippen molar-refractivity contribution in [2.45, 2.75) is 19.8 Å². The van der Waals surface area contributed by atoms with E-state index in [1.807, 2.05) is 24.3 Å². The molecule has 1 N–H and O–H groups in total. The fourth-order valence-corrected chi connectivity index (χ4v) is 4.92. The molecule has 2 aliphatic rings. The Balaban J connectivity index is 1.29. The summed E-state index contributed by atoms with van der Waals surface area (Å²) in [4.78, 5) is 13.7. The van der Waals surface area contributed by atoms with E-state index in [-0.39, 0.29) is 5.91 Å². The minimum Gasteiger partial charge on any atom is -0.326 e. The van der Waals surface area contributed by atoms with Crippen molar-refractivity contribution < 1.29 is 4.79 Å². The zero-order valence-corrected chi connectivity index (χ0v) is 19.6. The van der Waals surface area contributed by atoms with Crippen LogP contribution in [0.25, 0.3) is 23.8 Å². The Labute approximate surface area is 202 Å². The van der Waals surface area contributed by atoms with E-state index < -0.39 is 0 Å². The maximum Gasteiger partial charge on any atom is 0.221 e. The normalized spacial score (nSPS) is 15.7. The first kappa shape index (κ1) is 22.1. The molecule has 1 saturated heterocycles. The molecule has 0 radical (unpaired) electrons. The van der Waals surface area contributed by atoms with Crippen LogP contribution in [0.4, 0.5) is 5.69 Å². The number of nitrogens with zero attached hydrogens (tertiary/aromatic N) is 1. The molecule has 0 atom stereocenters. The largest absolute Gasteiger partial charge is 0.326 e. The van der Waals surface area contributed by atoms with Crippen molar-refractivity contribution in [3.05, 3.63) is 112 Å². The second-order valence-electron chi connectivity index (χ2n) is 8.99. The Hall–Kier alpha value is -3.69. The van der Waals surface area contributed by atoms with E-state index in [2.05, 4.69) is 83.1 Å². The van der Waals surface area contributed by atoms with Gasteiger partial charge in [-0.05, 0) is 58.4 Å². The lowest BCUT2D eigenvalue weighted by Crippen LogP contribution is -2.31. The van der Waals surface area contributed by atoms with Gasteiger partial charge >= 0.3 is 0 Å². The molecule has 0 spiro atoms. The van der Waals surface area contributed by atoms with Crippen LogP contribution >= 0.6 is 0 Å².